The van der Waals surface area contributed by atoms with Gasteiger partial charge in [-0.3, -0.25) is 4.98 Å². The SMILES string of the molecule is Cc1ccc(-c2nc(-c3ccccc3)nc(-c3cccc(-c4cc(-c5cccc(-c6nc(-c7ccccc7)nc(-c7ccccc7C)n6)c5)cc(-c5ccccn5)c4)c3)n2)cc1. The van der Waals surface area contributed by atoms with E-state index in [1.807, 2.05) is 97.2 Å². The molecule has 10 rings (SSSR count). The van der Waals surface area contributed by atoms with E-state index in [1.165, 1.54) is 5.56 Å². The summed E-state index contributed by atoms with van der Waals surface area (Å²) in [5.41, 5.74) is 13.8. The highest BCUT2D eigenvalue weighted by Gasteiger charge is 2.17. The maximum absolute atomic E-state index is 5.07. The van der Waals surface area contributed by atoms with Crippen molar-refractivity contribution in [2.75, 3.05) is 0 Å². The fraction of sp³-hybridized carbons (Fsp3) is 0.0364. The van der Waals surface area contributed by atoms with Crippen molar-refractivity contribution in [2.45, 2.75) is 13.8 Å². The van der Waals surface area contributed by atoms with Crippen LogP contribution in [0.15, 0.2) is 200 Å². The van der Waals surface area contributed by atoms with Crippen molar-refractivity contribution in [3.63, 3.8) is 0 Å². The second-order valence-corrected chi connectivity index (χ2v) is 15.2. The summed E-state index contributed by atoms with van der Waals surface area (Å²) in [6.07, 6.45) is 1.83. The van der Waals surface area contributed by atoms with Crippen LogP contribution in [0.1, 0.15) is 11.1 Å². The highest BCUT2D eigenvalue weighted by atomic mass is 15.0. The summed E-state index contributed by atoms with van der Waals surface area (Å²) < 4.78 is 0. The third-order valence-corrected chi connectivity index (χ3v) is 10.8. The number of benzene rings is 7. The van der Waals surface area contributed by atoms with Gasteiger partial charge in [0.05, 0.1) is 5.69 Å². The van der Waals surface area contributed by atoms with Crippen LogP contribution < -0.4 is 0 Å². The lowest BCUT2D eigenvalue weighted by Gasteiger charge is -2.13. The molecule has 0 N–H and O–H groups in total. The highest BCUT2D eigenvalue weighted by molar-refractivity contribution is 5.83. The first kappa shape index (κ1) is 37.9. The van der Waals surface area contributed by atoms with E-state index in [0.717, 1.165) is 72.5 Å². The largest absolute Gasteiger partial charge is 0.256 e. The Balaban J connectivity index is 1.09. The molecule has 62 heavy (non-hydrogen) atoms. The lowest BCUT2D eigenvalue weighted by atomic mass is 9.93. The molecule has 10 aromatic rings. The predicted octanol–water partition coefficient (Wildman–Crippen LogP) is 13.1. The summed E-state index contributed by atoms with van der Waals surface area (Å²) in [4.78, 5) is 34.8. The third-order valence-electron chi connectivity index (χ3n) is 10.8. The molecule has 0 fully saturated rings. The van der Waals surface area contributed by atoms with Gasteiger partial charge in [0.2, 0.25) is 0 Å². The molecule has 0 saturated carbocycles. The molecule has 0 aliphatic carbocycles. The van der Waals surface area contributed by atoms with Gasteiger partial charge in [0.25, 0.3) is 0 Å². The highest BCUT2D eigenvalue weighted by Crippen LogP contribution is 2.36. The quantitative estimate of drug-likeness (QED) is 0.144. The summed E-state index contributed by atoms with van der Waals surface area (Å²) in [6, 6.07) is 66.0. The van der Waals surface area contributed by atoms with Gasteiger partial charge in [-0.25, -0.2) is 29.9 Å². The van der Waals surface area contributed by atoms with Gasteiger partial charge in [-0.1, -0.05) is 157 Å². The molecular weight excluding hydrogens is 759 g/mol. The monoisotopic (exact) mass is 797 g/mol. The molecule has 0 amide bonds. The van der Waals surface area contributed by atoms with Crippen molar-refractivity contribution in [2.24, 2.45) is 0 Å². The Labute approximate surface area is 360 Å². The van der Waals surface area contributed by atoms with Crippen LogP contribution in [0.2, 0.25) is 0 Å². The molecule has 0 spiro atoms. The molecule has 0 aliphatic rings. The molecule has 0 bridgehead atoms. The first-order valence-electron chi connectivity index (χ1n) is 20.5. The van der Waals surface area contributed by atoms with Crippen molar-refractivity contribution in [3.8, 4) is 102 Å². The first-order valence-corrected chi connectivity index (χ1v) is 20.5. The van der Waals surface area contributed by atoms with Gasteiger partial charge in [-0.2, -0.15) is 0 Å². The van der Waals surface area contributed by atoms with Crippen molar-refractivity contribution < 1.29 is 0 Å². The Bertz CT molecular complexity index is 3190. The van der Waals surface area contributed by atoms with E-state index < -0.39 is 0 Å². The molecule has 294 valence electrons. The van der Waals surface area contributed by atoms with Crippen molar-refractivity contribution >= 4 is 0 Å². The fourth-order valence-electron chi connectivity index (χ4n) is 7.54. The minimum Gasteiger partial charge on any atom is -0.256 e. The van der Waals surface area contributed by atoms with Crippen LogP contribution in [0, 0.1) is 13.8 Å². The second-order valence-electron chi connectivity index (χ2n) is 15.2. The van der Waals surface area contributed by atoms with Gasteiger partial charge in [-0.15, -0.1) is 0 Å². The molecule has 0 saturated heterocycles. The van der Waals surface area contributed by atoms with E-state index in [1.54, 1.807) is 0 Å². The Morgan fingerprint density at radius 1 is 0.274 bits per heavy atom. The predicted molar refractivity (Wildman–Crippen MR) is 249 cm³/mol. The topological polar surface area (TPSA) is 90.2 Å². The zero-order valence-electron chi connectivity index (χ0n) is 34.2. The van der Waals surface area contributed by atoms with Crippen LogP contribution in [-0.4, -0.2) is 34.9 Å². The maximum Gasteiger partial charge on any atom is 0.164 e. The van der Waals surface area contributed by atoms with Gasteiger partial charge in [0.15, 0.2) is 34.9 Å². The number of aryl methyl sites for hydroxylation is 2. The van der Waals surface area contributed by atoms with Crippen LogP contribution in [0.25, 0.3) is 102 Å². The number of rotatable bonds is 9. The Kier molecular flexibility index (Phi) is 10.3. The average molecular weight is 798 g/mol. The molecule has 0 radical (unpaired) electrons. The van der Waals surface area contributed by atoms with Crippen LogP contribution in [0.4, 0.5) is 0 Å². The maximum atomic E-state index is 5.07. The molecule has 7 heteroatoms. The number of hydrogen-bond donors (Lipinski definition) is 0. The summed E-state index contributed by atoms with van der Waals surface area (Å²) in [5, 5.41) is 0. The minimum absolute atomic E-state index is 0.599. The Morgan fingerprint density at radius 2 is 0.677 bits per heavy atom. The van der Waals surface area contributed by atoms with Gasteiger partial charge in [0, 0.05) is 45.1 Å². The van der Waals surface area contributed by atoms with E-state index in [4.69, 9.17) is 34.9 Å². The molecular formula is C55H39N7. The molecule has 0 atom stereocenters. The van der Waals surface area contributed by atoms with Crippen molar-refractivity contribution in [1.29, 1.82) is 0 Å². The Hall–Kier alpha value is -8.29. The van der Waals surface area contributed by atoms with E-state index in [0.29, 0.717) is 34.9 Å². The van der Waals surface area contributed by atoms with E-state index in [2.05, 4.69) is 117 Å². The number of hydrogen-bond acceptors (Lipinski definition) is 7. The smallest absolute Gasteiger partial charge is 0.164 e. The summed E-state index contributed by atoms with van der Waals surface area (Å²) in [5.74, 6) is 3.71. The molecule has 0 aliphatic heterocycles. The van der Waals surface area contributed by atoms with E-state index in [-0.39, 0.29) is 0 Å². The zero-order valence-corrected chi connectivity index (χ0v) is 34.2. The molecule has 3 heterocycles. The van der Waals surface area contributed by atoms with Gasteiger partial charge in [-0.05, 0) is 84.1 Å². The first-order chi connectivity index (χ1) is 30.5. The summed E-state index contributed by atoms with van der Waals surface area (Å²) in [6.45, 7) is 4.16. The lowest BCUT2D eigenvalue weighted by Crippen LogP contribution is -2.01. The number of aromatic nitrogens is 7. The Morgan fingerprint density at radius 3 is 1.19 bits per heavy atom. The number of pyridine rings is 1. The van der Waals surface area contributed by atoms with Crippen LogP contribution in [0.5, 0.6) is 0 Å². The molecule has 0 unspecified atom stereocenters. The molecule has 7 nitrogen and oxygen atoms in total. The second kappa shape index (κ2) is 16.8. The third kappa shape index (κ3) is 8.03. The zero-order chi connectivity index (χ0) is 41.8. The molecule has 3 aromatic heterocycles. The average Bonchev–Trinajstić information content (AvgIpc) is 3.35. The van der Waals surface area contributed by atoms with Gasteiger partial charge in [0.1, 0.15) is 0 Å². The van der Waals surface area contributed by atoms with Crippen molar-refractivity contribution in [1.82, 2.24) is 34.9 Å². The van der Waals surface area contributed by atoms with Crippen LogP contribution >= 0.6 is 0 Å². The van der Waals surface area contributed by atoms with Crippen LogP contribution in [-0.2, 0) is 0 Å². The summed E-state index contributed by atoms with van der Waals surface area (Å²) >= 11 is 0. The van der Waals surface area contributed by atoms with E-state index >= 15 is 0 Å². The fourth-order valence-corrected chi connectivity index (χ4v) is 7.54. The number of nitrogens with zero attached hydrogens (tertiary/aromatic N) is 7. The van der Waals surface area contributed by atoms with E-state index in [9.17, 15) is 0 Å². The summed E-state index contributed by atoms with van der Waals surface area (Å²) in [7, 11) is 0. The standard InChI is InChI=1S/C55H39N7/c1-36-26-28-40(29-27-36)52-57-50(38-16-5-3-6-17-38)58-53(60-52)43-22-13-20-41(31-43)45-33-46(35-47(34-45)49-25-11-12-30-56-49)42-21-14-23-44(32-42)54-59-51(39-18-7-4-8-19-39)61-55(62-54)48-24-10-9-15-37(48)2/h3-35H,1-2H3. The van der Waals surface area contributed by atoms with Gasteiger partial charge >= 0.3 is 0 Å². The van der Waals surface area contributed by atoms with Crippen molar-refractivity contribution in [3.05, 3.63) is 211 Å². The van der Waals surface area contributed by atoms with Gasteiger partial charge < -0.3 is 0 Å². The lowest BCUT2D eigenvalue weighted by molar-refractivity contribution is 1.07. The van der Waals surface area contributed by atoms with Crippen LogP contribution in [0.3, 0.4) is 0 Å². The molecule has 7 aromatic carbocycles. The normalized spacial score (nSPS) is 11.1. The minimum atomic E-state index is 0.599.